The quantitative estimate of drug-likeness (QED) is 0.273. The lowest BCUT2D eigenvalue weighted by Crippen LogP contribution is -2.35. The molecule has 0 saturated carbocycles. The fourth-order valence-corrected chi connectivity index (χ4v) is 5.65. The van der Waals surface area contributed by atoms with Gasteiger partial charge < -0.3 is 9.32 Å². The molecule has 0 unspecified atom stereocenters. The van der Waals surface area contributed by atoms with Crippen LogP contribution in [-0.2, 0) is 30.6 Å². The van der Waals surface area contributed by atoms with Crippen LogP contribution in [0.4, 0.5) is 5.69 Å². The Labute approximate surface area is 222 Å². The fraction of sp³-hybridized carbons (Fsp3) is 0.250. The van der Waals surface area contributed by atoms with Gasteiger partial charge in [-0.15, -0.1) is 10.2 Å². The maximum atomic E-state index is 13.1. The first-order chi connectivity index (χ1) is 18.1. The lowest BCUT2D eigenvalue weighted by Gasteiger charge is -2.31. The molecule has 9 heteroatoms. The van der Waals surface area contributed by atoms with E-state index in [9.17, 15) is 4.79 Å². The van der Waals surface area contributed by atoms with E-state index in [0.717, 1.165) is 68.5 Å². The Morgan fingerprint density at radius 2 is 1.89 bits per heavy atom. The Morgan fingerprint density at radius 3 is 2.65 bits per heavy atom. The lowest BCUT2D eigenvalue weighted by atomic mass is 9.96. The van der Waals surface area contributed by atoms with Crippen LogP contribution < -0.4 is 4.90 Å². The summed E-state index contributed by atoms with van der Waals surface area (Å²) in [7, 11) is 0. The number of aryl methyl sites for hydroxylation is 2. The van der Waals surface area contributed by atoms with Crippen LogP contribution in [0.15, 0.2) is 57.4 Å². The van der Waals surface area contributed by atoms with Crippen molar-refractivity contribution in [1.29, 1.82) is 0 Å². The topological polar surface area (TPSA) is 101 Å². The summed E-state index contributed by atoms with van der Waals surface area (Å²) >= 11 is 3.77. The molecule has 2 aromatic carbocycles. The average Bonchev–Trinajstić information content (AvgIpc) is 3.58. The van der Waals surface area contributed by atoms with Crippen molar-refractivity contribution < 1.29 is 9.21 Å². The van der Waals surface area contributed by atoms with Gasteiger partial charge in [0.05, 0.1) is 16.7 Å². The van der Waals surface area contributed by atoms with E-state index in [2.05, 4.69) is 62.5 Å². The molecule has 0 spiro atoms. The van der Waals surface area contributed by atoms with Crippen molar-refractivity contribution in [3.8, 4) is 22.7 Å². The number of pyridine rings is 1. The smallest absolute Gasteiger partial charge is 0.227 e. The number of nitrogens with one attached hydrogen (secondary N) is 1. The van der Waals surface area contributed by atoms with Crippen LogP contribution in [0.2, 0.25) is 0 Å². The zero-order chi connectivity index (χ0) is 25.5. The van der Waals surface area contributed by atoms with E-state index in [-0.39, 0.29) is 5.91 Å². The number of tetrazole rings is 1. The van der Waals surface area contributed by atoms with Gasteiger partial charge in [-0.2, -0.15) is 5.21 Å². The molecule has 6 rings (SSSR count). The predicted molar refractivity (Wildman–Crippen MR) is 145 cm³/mol. The maximum absolute atomic E-state index is 13.1. The second kappa shape index (κ2) is 9.55. The number of carbonyl (C=O) groups excluding carboxylic acids is 1. The van der Waals surface area contributed by atoms with Gasteiger partial charge in [0.25, 0.3) is 0 Å². The molecular formula is C28H25BrN6O2. The third-order valence-corrected chi connectivity index (χ3v) is 7.70. The fourth-order valence-electron chi connectivity index (χ4n) is 5.05. The van der Waals surface area contributed by atoms with E-state index in [1.54, 1.807) is 0 Å². The van der Waals surface area contributed by atoms with Crippen LogP contribution >= 0.6 is 15.9 Å². The summed E-state index contributed by atoms with van der Waals surface area (Å²) in [4.78, 5) is 19.8. The number of hydrogen-bond acceptors (Lipinski definition) is 6. The van der Waals surface area contributed by atoms with Crippen molar-refractivity contribution in [2.24, 2.45) is 0 Å². The number of carbonyl (C=O) groups is 1. The zero-order valence-corrected chi connectivity index (χ0v) is 22.2. The molecule has 5 aromatic rings. The van der Waals surface area contributed by atoms with E-state index in [0.29, 0.717) is 24.6 Å². The molecule has 1 N–H and O–H groups in total. The van der Waals surface area contributed by atoms with Crippen LogP contribution in [0, 0.1) is 0 Å². The van der Waals surface area contributed by atoms with Gasteiger partial charge in [-0.1, -0.05) is 44.2 Å². The number of benzene rings is 2. The van der Waals surface area contributed by atoms with Crippen molar-refractivity contribution in [1.82, 2.24) is 25.6 Å². The standard InChI is InChI=1S/C28H25BrN6O2/c1-3-17-14-23-20(22(4-2)30-17)10-12-25(36)35(23)15-16-9-11-24-21(13-16)26(29)27(37-24)18-7-5-6-8-19(18)28-31-33-34-32-28/h5-9,11,13-14H,3-4,10,12,15H2,1-2H3,(H,31,32,33,34). The summed E-state index contributed by atoms with van der Waals surface area (Å²) < 4.78 is 7.13. The summed E-state index contributed by atoms with van der Waals surface area (Å²) in [5.41, 5.74) is 7.79. The number of rotatable bonds is 6. The molecule has 1 aliphatic heterocycles. The van der Waals surface area contributed by atoms with Gasteiger partial charge >= 0.3 is 0 Å². The number of furan rings is 1. The first-order valence-corrected chi connectivity index (χ1v) is 13.2. The molecule has 8 nitrogen and oxygen atoms in total. The number of nitrogens with zero attached hydrogens (tertiary/aromatic N) is 5. The highest BCUT2D eigenvalue weighted by molar-refractivity contribution is 9.10. The molecule has 0 radical (unpaired) electrons. The second-order valence-electron chi connectivity index (χ2n) is 9.10. The van der Waals surface area contributed by atoms with E-state index < -0.39 is 0 Å². The minimum absolute atomic E-state index is 0.142. The molecule has 186 valence electrons. The molecule has 37 heavy (non-hydrogen) atoms. The number of fused-ring (bicyclic) bond motifs is 2. The van der Waals surface area contributed by atoms with Crippen LogP contribution in [0.3, 0.4) is 0 Å². The number of hydrogen-bond donors (Lipinski definition) is 1. The van der Waals surface area contributed by atoms with Crippen LogP contribution in [0.25, 0.3) is 33.7 Å². The Balaban J connectivity index is 1.39. The highest BCUT2D eigenvalue weighted by Crippen LogP contribution is 2.41. The van der Waals surface area contributed by atoms with Gasteiger partial charge in [0.1, 0.15) is 11.3 Å². The first-order valence-electron chi connectivity index (χ1n) is 12.4. The van der Waals surface area contributed by atoms with Gasteiger partial charge in [0.15, 0.2) is 0 Å². The number of anilines is 1. The molecule has 3 aromatic heterocycles. The SMILES string of the molecule is CCc1cc2c(c(CC)n1)CCC(=O)N2Cc1ccc2oc(-c3ccccc3-c3nn[nH]n3)c(Br)c2c1. The molecule has 4 heterocycles. The van der Waals surface area contributed by atoms with Crippen LogP contribution in [-0.4, -0.2) is 31.5 Å². The van der Waals surface area contributed by atoms with Gasteiger partial charge in [-0.3, -0.25) is 9.78 Å². The zero-order valence-electron chi connectivity index (χ0n) is 20.6. The highest BCUT2D eigenvalue weighted by Gasteiger charge is 2.27. The normalized spacial score (nSPS) is 13.4. The van der Waals surface area contributed by atoms with Crippen molar-refractivity contribution in [3.63, 3.8) is 0 Å². The van der Waals surface area contributed by atoms with Crippen molar-refractivity contribution in [3.05, 3.63) is 75.5 Å². The van der Waals surface area contributed by atoms with E-state index >= 15 is 0 Å². The highest BCUT2D eigenvalue weighted by atomic mass is 79.9. The van der Waals surface area contributed by atoms with E-state index in [1.807, 2.05) is 41.3 Å². The predicted octanol–water partition coefficient (Wildman–Crippen LogP) is 6.04. The van der Waals surface area contributed by atoms with E-state index in [1.165, 1.54) is 5.56 Å². The molecule has 0 atom stereocenters. The summed E-state index contributed by atoms with van der Waals surface area (Å²) in [5, 5.41) is 15.4. The Kier molecular flexibility index (Phi) is 6.08. The molecule has 0 fully saturated rings. The maximum Gasteiger partial charge on any atom is 0.227 e. The minimum Gasteiger partial charge on any atom is -0.455 e. The first kappa shape index (κ1) is 23.5. The van der Waals surface area contributed by atoms with Gasteiger partial charge in [0, 0.05) is 34.3 Å². The van der Waals surface area contributed by atoms with E-state index in [4.69, 9.17) is 9.40 Å². The molecule has 1 aliphatic rings. The number of amides is 1. The van der Waals surface area contributed by atoms with Crippen molar-refractivity contribution >= 4 is 38.5 Å². The largest absolute Gasteiger partial charge is 0.455 e. The van der Waals surface area contributed by atoms with Crippen LogP contribution in [0.5, 0.6) is 0 Å². The van der Waals surface area contributed by atoms with Crippen molar-refractivity contribution in [2.45, 2.75) is 46.1 Å². The van der Waals surface area contributed by atoms with Gasteiger partial charge in [0.2, 0.25) is 11.7 Å². The lowest BCUT2D eigenvalue weighted by molar-refractivity contribution is -0.119. The Hall–Kier alpha value is -3.85. The third-order valence-electron chi connectivity index (χ3n) is 6.91. The molecule has 1 amide bonds. The number of aromatic amines is 1. The number of H-pyrrole nitrogens is 1. The molecule has 0 bridgehead atoms. The van der Waals surface area contributed by atoms with Gasteiger partial charge in [-0.05, 0) is 69.7 Å². The second-order valence-corrected chi connectivity index (χ2v) is 9.89. The number of aromatic nitrogens is 5. The Bertz CT molecular complexity index is 1630. The molecule has 0 aliphatic carbocycles. The summed E-state index contributed by atoms with van der Waals surface area (Å²) in [6, 6.07) is 16.0. The molecule has 0 saturated heterocycles. The minimum atomic E-state index is 0.142. The number of halogens is 1. The molecular weight excluding hydrogens is 532 g/mol. The Morgan fingerprint density at radius 1 is 1.05 bits per heavy atom. The summed E-state index contributed by atoms with van der Waals surface area (Å²) in [5.74, 6) is 1.33. The monoisotopic (exact) mass is 556 g/mol. The average molecular weight is 557 g/mol. The van der Waals surface area contributed by atoms with Gasteiger partial charge in [-0.25, -0.2) is 0 Å². The summed E-state index contributed by atoms with van der Waals surface area (Å²) in [6.45, 7) is 4.72. The van der Waals surface area contributed by atoms with Crippen LogP contribution in [0.1, 0.15) is 42.8 Å². The summed E-state index contributed by atoms with van der Waals surface area (Å²) in [6.07, 6.45) is 2.95. The third kappa shape index (κ3) is 4.13. The van der Waals surface area contributed by atoms with Crippen molar-refractivity contribution in [2.75, 3.05) is 4.90 Å².